The van der Waals surface area contributed by atoms with Crippen LogP contribution in [0, 0.1) is 10.1 Å². The first-order valence-corrected chi connectivity index (χ1v) is 4.39. The van der Waals surface area contributed by atoms with Crippen LogP contribution in [0.5, 0.6) is 0 Å². The summed E-state index contributed by atoms with van der Waals surface area (Å²) in [5.74, 6) is 0. The first-order valence-electron chi connectivity index (χ1n) is 4.02. The minimum Gasteiger partial charge on any atom is -0.281 e. The molecule has 1 aromatic rings. The summed E-state index contributed by atoms with van der Waals surface area (Å²) in [7, 11) is 0. The number of nitro benzene ring substituents is 1. The average molecular weight is 214 g/mol. The third kappa shape index (κ3) is 2.81. The van der Waals surface area contributed by atoms with E-state index in [1.165, 1.54) is 6.07 Å². The summed E-state index contributed by atoms with van der Waals surface area (Å²) in [5, 5.41) is 10.1. The second-order valence-corrected chi connectivity index (χ2v) is 3.16. The smallest absolute Gasteiger partial charge is 0.272 e. The lowest BCUT2D eigenvalue weighted by molar-refractivity contribution is -0.385. The van der Waals surface area contributed by atoms with E-state index in [4.69, 9.17) is 11.6 Å². The van der Waals surface area contributed by atoms with Gasteiger partial charge in [0.25, 0.3) is 5.69 Å². The number of para-hydroxylation sites is 1. The molecule has 5 heteroatoms. The predicted molar refractivity (Wildman–Crippen MR) is 52.3 cm³/mol. The number of rotatable bonds is 4. The van der Waals surface area contributed by atoms with Gasteiger partial charge in [-0.15, -0.1) is 0 Å². The number of benzene rings is 1. The maximum Gasteiger partial charge on any atom is 0.272 e. The molecule has 0 aliphatic carbocycles. The zero-order valence-corrected chi connectivity index (χ0v) is 8.03. The summed E-state index contributed by atoms with van der Waals surface area (Å²) in [5.41, 5.74) is 0.567. The van der Waals surface area contributed by atoms with Crippen molar-refractivity contribution in [1.82, 2.24) is 0 Å². The third-order valence-electron chi connectivity index (χ3n) is 1.78. The number of nitro groups is 1. The van der Waals surface area contributed by atoms with Gasteiger partial charge in [-0.2, -0.15) is 0 Å². The molecule has 0 radical (unpaired) electrons. The number of carbonyl (C=O) groups is 1. The second kappa shape index (κ2) is 4.72. The molecule has 0 amide bonds. The highest BCUT2D eigenvalue weighted by Crippen LogP contribution is 2.19. The first-order chi connectivity index (χ1) is 6.61. The largest absolute Gasteiger partial charge is 0.281 e. The molecule has 0 aliphatic rings. The Kier molecular flexibility index (Phi) is 3.59. The molecule has 0 fully saturated rings. The lowest BCUT2D eigenvalue weighted by atomic mass is 10.1. The van der Waals surface area contributed by atoms with E-state index in [0.29, 0.717) is 12.0 Å². The molecular weight excluding hydrogens is 206 g/mol. The van der Waals surface area contributed by atoms with Gasteiger partial charge in [-0.05, 0) is 18.0 Å². The van der Waals surface area contributed by atoms with Gasteiger partial charge in [0.2, 0.25) is 5.24 Å². The van der Waals surface area contributed by atoms with Crippen LogP contribution in [-0.4, -0.2) is 10.2 Å². The Hall–Kier alpha value is -1.42. The van der Waals surface area contributed by atoms with Crippen LogP contribution >= 0.6 is 11.6 Å². The highest BCUT2D eigenvalue weighted by Gasteiger charge is 2.12. The normalized spacial score (nSPS) is 9.79. The average Bonchev–Trinajstić information content (AvgIpc) is 2.15. The molecule has 4 nitrogen and oxygen atoms in total. The van der Waals surface area contributed by atoms with Gasteiger partial charge in [-0.3, -0.25) is 14.9 Å². The van der Waals surface area contributed by atoms with Crippen molar-refractivity contribution in [3.63, 3.8) is 0 Å². The summed E-state index contributed by atoms with van der Waals surface area (Å²) in [6, 6.07) is 6.32. The number of hydrogen-bond acceptors (Lipinski definition) is 3. The lowest BCUT2D eigenvalue weighted by Crippen LogP contribution is -1.97. The van der Waals surface area contributed by atoms with Crippen molar-refractivity contribution in [3.8, 4) is 0 Å². The predicted octanol–water partition coefficient (Wildman–Crippen LogP) is 2.29. The standard InChI is InChI=1S/C9H8ClNO3/c10-9(12)6-5-7-3-1-2-4-8(7)11(13)14/h1-4H,5-6H2. The van der Waals surface area contributed by atoms with Gasteiger partial charge in [0.1, 0.15) is 0 Å². The van der Waals surface area contributed by atoms with Gasteiger partial charge in [0.15, 0.2) is 0 Å². The zero-order chi connectivity index (χ0) is 10.6. The van der Waals surface area contributed by atoms with Crippen molar-refractivity contribution in [2.45, 2.75) is 12.8 Å². The molecule has 14 heavy (non-hydrogen) atoms. The van der Waals surface area contributed by atoms with Gasteiger partial charge >= 0.3 is 0 Å². The van der Waals surface area contributed by atoms with Crippen LogP contribution in [0.2, 0.25) is 0 Å². The fourth-order valence-electron chi connectivity index (χ4n) is 1.13. The third-order valence-corrected chi connectivity index (χ3v) is 1.97. The number of aryl methyl sites for hydroxylation is 1. The van der Waals surface area contributed by atoms with Crippen molar-refractivity contribution in [3.05, 3.63) is 39.9 Å². The quantitative estimate of drug-likeness (QED) is 0.438. The minimum atomic E-state index is -0.483. The Labute approximate surface area is 85.6 Å². The van der Waals surface area contributed by atoms with Crippen LogP contribution in [0.25, 0.3) is 0 Å². The molecule has 1 aromatic carbocycles. The van der Waals surface area contributed by atoms with E-state index in [-0.39, 0.29) is 12.1 Å². The van der Waals surface area contributed by atoms with Gasteiger partial charge in [-0.25, -0.2) is 0 Å². The van der Waals surface area contributed by atoms with Crippen LogP contribution in [0.15, 0.2) is 24.3 Å². The number of hydrogen-bond donors (Lipinski definition) is 0. The summed E-state index contributed by atoms with van der Waals surface area (Å²) >= 11 is 5.15. The highest BCUT2D eigenvalue weighted by molar-refractivity contribution is 6.63. The maximum absolute atomic E-state index is 10.6. The number of carbonyl (C=O) groups excluding carboxylic acids is 1. The fourth-order valence-corrected chi connectivity index (χ4v) is 1.23. The van der Waals surface area contributed by atoms with Crippen LogP contribution in [-0.2, 0) is 11.2 Å². The summed E-state index contributed by atoms with van der Waals surface area (Å²) in [6.07, 6.45) is 0.423. The molecule has 0 aliphatic heterocycles. The van der Waals surface area contributed by atoms with Crippen molar-refractivity contribution in [2.75, 3.05) is 0 Å². The van der Waals surface area contributed by atoms with Crippen LogP contribution in [0.1, 0.15) is 12.0 Å². The van der Waals surface area contributed by atoms with Crippen LogP contribution < -0.4 is 0 Å². The Morgan fingerprint density at radius 3 is 2.64 bits per heavy atom. The molecule has 74 valence electrons. The molecule has 0 saturated carbocycles. The number of halogens is 1. The van der Waals surface area contributed by atoms with E-state index in [9.17, 15) is 14.9 Å². The topological polar surface area (TPSA) is 60.2 Å². The molecule has 0 heterocycles. The number of nitrogens with zero attached hydrogens (tertiary/aromatic N) is 1. The van der Waals surface area contributed by atoms with Crippen LogP contribution in [0.4, 0.5) is 5.69 Å². The van der Waals surface area contributed by atoms with E-state index in [1.807, 2.05) is 0 Å². The van der Waals surface area contributed by atoms with E-state index in [1.54, 1.807) is 18.2 Å². The Morgan fingerprint density at radius 1 is 1.43 bits per heavy atom. The van der Waals surface area contributed by atoms with Crippen molar-refractivity contribution >= 4 is 22.5 Å². The SMILES string of the molecule is O=C(Cl)CCc1ccccc1[N+](=O)[O-]. The molecule has 0 saturated heterocycles. The molecule has 0 bridgehead atoms. The van der Waals surface area contributed by atoms with Gasteiger partial charge in [0.05, 0.1) is 4.92 Å². The zero-order valence-electron chi connectivity index (χ0n) is 7.27. The Balaban J connectivity index is 2.84. The van der Waals surface area contributed by atoms with Crippen LogP contribution in [0.3, 0.4) is 0 Å². The minimum absolute atomic E-state index is 0.0328. The summed E-state index contributed by atoms with van der Waals surface area (Å²) in [4.78, 5) is 20.6. The van der Waals surface area contributed by atoms with Crippen molar-refractivity contribution < 1.29 is 9.72 Å². The van der Waals surface area contributed by atoms with Gasteiger partial charge in [0, 0.05) is 18.1 Å². The second-order valence-electron chi connectivity index (χ2n) is 2.74. The van der Waals surface area contributed by atoms with Crippen molar-refractivity contribution in [1.29, 1.82) is 0 Å². The molecule has 0 spiro atoms. The van der Waals surface area contributed by atoms with E-state index in [0.717, 1.165) is 0 Å². The molecule has 0 atom stereocenters. The fraction of sp³-hybridized carbons (Fsp3) is 0.222. The highest BCUT2D eigenvalue weighted by atomic mass is 35.5. The van der Waals surface area contributed by atoms with Gasteiger partial charge < -0.3 is 0 Å². The van der Waals surface area contributed by atoms with Crippen molar-refractivity contribution in [2.24, 2.45) is 0 Å². The monoisotopic (exact) mass is 213 g/mol. The Bertz CT molecular complexity index is 365. The molecule has 0 aromatic heterocycles. The summed E-state index contributed by atoms with van der Waals surface area (Å²) in [6.45, 7) is 0. The molecule has 0 unspecified atom stereocenters. The summed E-state index contributed by atoms with van der Waals surface area (Å²) < 4.78 is 0. The maximum atomic E-state index is 10.6. The van der Waals surface area contributed by atoms with E-state index >= 15 is 0 Å². The van der Waals surface area contributed by atoms with E-state index < -0.39 is 10.2 Å². The first kappa shape index (κ1) is 10.7. The lowest BCUT2D eigenvalue weighted by Gasteiger charge is -1.99. The van der Waals surface area contributed by atoms with Gasteiger partial charge in [-0.1, -0.05) is 18.2 Å². The molecule has 0 N–H and O–H groups in total. The Morgan fingerprint density at radius 2 is 2.07 bits per heavy atom. The van der Waals surface area contributed by atoms with E-state index in [2.05, 4.69) is 0 Å². The molecular formula is C9H8ClNO3. The molecule has 1 rings (SSSR count).